The van der Waals surface area contributed by atoms with E-state index in [1.807, 2.05) is 37.4 Å². The average molecular weight is 665 g/mol. The summed E-state index contributed by atoms with van der Waals surface area (Å²) in [5, 5.41) is -0.847. The second-order valence-corrected chi connectivity index (χ2v) is 17.2. The summed E-state index contributed by atoms with van der Waals surface area (Å²) < 4.78 is 67.0. The Morgan fingerprint density at radius 3 is 1.70 bits per heavy atom. The van der Waals surface area contributed by atoms with E-state index >= 15 is 0 Å². The molecule has 8 nitrogen and oxygen atoms in total. The van der Waals surface area contributed by atoms with Gasteiger partial charge in [-0.05, 0) is 124 Å². The van der Waals surface area contributed by atoms with Crippen LogP contribution in [0.1, 0.15) is 55.6 Å². The summed E-state index contributed by atoms with van der Waals surface area (Å²) in [6, 6.07) is 20.9. The first-order valence-corrected chi connectivity index (χ1v) is 18.6. The molecule has 2 atom stereocenters. The number of halogens is 1. The summed E-state index contributed by atoms with van der Waals surface area (Å²) in [7, 11) is -6.50. The van der Waals surface area contributed by atoms with E-state index < -0.39 is 36.5 Å². The first kappa shape index (κ1) is 33.8. The Bertz CT molecular complexity index is 1800. The first-order chi connectivity index (χ1) is 21.7. The molecule has 0 bridgehead atoms. The topological polar surface area (TPSA) is 118 Å². The number of hydrogen-bond acceptors (Lipinski definition) is 6. The van der Waals surface area contributed by atoms with Crippen LogP contribution >= 0.6 is 0 Å². The molecule has 2 heterocycles. The molecular weight excluding hydrogens is 624 g/mol. The van der Waals surface area contributed by atoms with Crippen LogP contribution < -0.4 is 9.44 Å². The molecule has 2 aromatic heterocycles. The largest absolute Gasteiger partial charge is 0.262 e. The molecule has 2 unspecified atom stereocenters. The fourth-order valence-electron chi connectivity index (χ4n) is 5.77. The van der Waals surface area contributed by atoms with Crippen molar-refractivity contribution in [2.75, 3.05) is 0 Å². The third kappa shape index (κ3) is 8.06. The summed E-state index contributed by atoms with van der Waals surface area (Å²) in [6.07, 6.45) is 4.65. The van der Waals surface area contributed by atoms with Crippen molar-refractivity contribution in [2.45, 2.75) is 82.9 Å². The number of fused-ring (bicyclic) bond motifs is 2. The molecular formula is C35H41FN4O4S2. The van der Waals surface area contributed by atoms with Crippen molar-refractivity contribution in [3.8, 4) is 22.4 Å². The predicted molar refractivity (Wildman–Crippen MR) is 181 cm³/mol. The Kier molecular flexibility index (Phi) is 10.1. The highest BCUT2D eigenvalue weighted by Crippen LogP contribution is 2.30. The molecule has 11 heteroatoms. The molecule has 0 amide bonds. The van der Waals surface area contributed by atoms with Crippen LogP contribution in [0.4, 0.5) is 4.39 Å². The number of sulfonamides is 2. The molecule has 2 aliphatic rings. The van der Waals surface area contributed by atoms with Gasteiger partial charge in [0.2, 0.25) is 26.0 Å². The van der Waals surface area contributed by atoms with Crippen LogP contribution in [0.3, 0.4) is 0 Å². The standard InChI is InChI=1S/C18H22N2O2S.C17H19FN2O2S/c1-12(2)23(21,22)20-18-10-15-5-4-14(9-17(15)11-18)16-6-7-19-13(3)8-16;1-11(2)23(21,22)20-15-9-12-6-7-13(8-14(12)10-15)16-4-3-5-17(18)19-16/h4-9,12,18,20H,10-11H2,1-3H3;3-8,11,15,20H,9-10H2,1-2H3. The molecule has 46 heavy (non-hydrogen) atoms. The van der Waals surface area contributed by atoms with Crippen LogP contribution in [0.5, 0.6) is 0 Å². The Balaban J connectivity index is 0.000000181. The number of pyridine rings is 2. The summed E-state index contributed by atoms with van der Waals surface area (Å²) in [6.45, 7) is 8.71. The van der Waals surface area contributed by atoms with E-state index in [1.165, 1.54) is 17.2 Å². The Morgan fingerprint density at radius 2 is 1.17 bits per heavy atom. The van der Waals surface area contributed by atoms with Crippen LogP contribution in [0.25, 0.3) is 22.4 Å². The van der Waals surface area contributed by atoms with Gasteiger partial charge >= 0.3 is 0 Å². The summed E-state index contributed by atoms with van der Waals surface area (Å²) in [4.78, 5) is 8.12. The van der Waals surface area contributed by atoms with Gasteiger partial charge in [-0.2, -0.15) is 4.39 Å². The molecule has 0 fully saturated rings. The van der Waals surface area contributed by atoms with Crippen LogP contribution in [-0.2, 0) is 45.7 Å². The quantitative estimate of drug-likeness (QED) is 0.239. The van der Waals surface area contributed by atoms with Crippen molar-refractivity contribution in [3.05, 3.63) is 107 Å². The van der Waals surface area contributed by atoms with E-state index in [0.29, 0.717) is 18.5 Å². The molecule has 0 saturated carbocycles. The zero-order chi connectivity index (χ0) is 33.2. The number of nitrogens with one attached hydrogen (secondary N) is 2. The number of nitrogens with zero attached hydrogens (tertiary/aromatic N) is 2. The zero-order valence-corrected chi connectivity index (χ0v) is 28.4. The SMILES string of the molecule is CC(C)S(=O)(=O)NC1Cc2ccc(-c3cccc(F)n3)cc2C1.Cc1cc(-c2ccc3c(c2)CC(NS(=O)(=O)C(C)C)C3)ccn1. The monoisotopic (exact) mass is 664 g/mol. The third-order valence-corrected chi connectivity index (χ3v) is 12.2. The fraction of sp³-hybridized carbons (Fsp3) is 0.371. The van der Waals surface area contributed by atoms with Crippen molar-refractivity contribution in [1.82, 2.24) is 19.4 Å². The lowest BCUT2D eigenvalue weighted by Gasteiger charge is -2.14. The minimum Gasteiger partial charge on any atom is -0.262 e. The van der Waals surface area contributed by atoms with Crippen molar-refractivity contribution < 1.29 is 21.2 Å². The maximum absolute atomic E-state index is 13.3. The average Bonchev–Trinajstić information content (AvgIpc) is 3.58. The molecule has 0 radical (unpaired) electrons. The van der Waals surface area contributed by atoms with Gasteiger partial charge in [0.05, 0.1) is 16.2 Å². The smallest absolute Gasteiger partial charge is 0.214 e. The highest BCUT2D eigenvalue weighted by Gasteiger charge is 2.28. The summed E-state index contributed by atoms with van der Waals surface area (Å²) in [5.41, 5.74) is 9.39. The van der Waals surface area contributed by atoms with E-state index in [2.05, 4.69) is 43.7 Å². The first-order valence-electron chi connectivity index (χ1n) is 15.5. The van der Waals surface area contributed by atoms with Gasteiger partial charge in [-0.25, -0.2) is 31.3 Å². The van der Waals surface area contributed by atoms with Crippen LogP contribution in [0, 0.1) is 12.9 Å². The predicted octanol–water partition coefficient (Wildman–Crippen LogP) is 5.53. The number of aromatic nitrogens is 2. The molecule has 0 saturated heterocycles. The van der Waals surface area contributed by atoms with Gasteiger partial charge in [-0.15, -0.1) is 0 Å². The number of hydrogen-bond donors (Lipinski definition) is 2. The van der Waals surface area contributed by atoms with Crippen LogP contribution in [0.2, 0.25) is 0 Å². The minimum atomic E-state index is -3.28. The van der Waals surface area contributed by atoms with E-state index in [0.717, 1.165) is 46.4 Å². The number of rotatable bonds is 8. The fourth-order valence-corrected chi connectivity index (χ4v) is 7.58. The van der Waals surface area contributed by atoms with Gasteiger partial charge < -0.3 is 0 Å². The maximum atomic E-state index is 13.3. The molecule has 2 aromatic carbocycles. The molecule has 6 rings (SSSR count). The normalized spacial score (nSPS) is 17.5. The van der Waals surface area contributed by atoms with Crippen LogP contribution in [-0.4, -0.2) is 49.4 Å². The Morgan fingerprint density at radius 1 is 0.674 bits per heavy atom. The molecule has 244 valence electrons. The van der Waals surface area contributed by atoms with Gasteiger partial charge in [0.1, 0.15) is 0 Å². The third-order valence-electron chi connectivity index (χ3n) is 8.42. The summed E-state index contributed by atoms with van der Waals surface area (Å²) >= 11 is 0. The zero-order valence-electron chi connectivity index (χ0n) is 26.8. The molecule has 0 aliphatic heterocycles. The maximum Gasteiger partial charge on any atom is 0.214 e. The van der Waals surface area contributed by atoms with Gasteiger partial charge in [-0.3, -0.25) is 4.98 Å². The van der Waals surface area contributed by atoms with E-state index in [9.17, 15) is 21.2 Å². The molecule has 4 aromatic rings. The number of aryl methyl sites for hydroxylation is 1. The van der Waals surface area contributed by atoms with Crippen molar-refractivity contribution >= 4 is 20.0 Å². The number of benzene rings is 2. The van der Waals surface area contributed by atoms with Crippen molar-refractivity contribution in [3.63, 3.8) is 0 Å². The lowest BCUT2D eigenvalue weighted by molar-refractivity contribution is 0.546. The highest BCUT2D eigenvalue weighted by molar-refractivity contribution is 7.90. The Labute approximate surface area is 272 Å². The van der Waals surface area contributed by atoms with Gasteiger partial charge in [0.15, 0.2) is 0 Å². The van der Waals surface area contributed by atoms with E-state index in [1.54, 1.807) is 39.8 Å². The second-order valence-electron chi connectivity index (χ2n) is 12.6. The Hall–Kier alpha value is -3.51. The van der Waals surface area contributed by atoms with Crippen LogP contribution in [0.15, 0.2) is 72.9 Å². The van der Waals surface area contributed by atoms with Crippen molar-refractivity contribution in [2.24, 2.45) is 0 Å². The van der Waals surface area contributed by atoms with Crippen molar-refractivity contribution in [1.29, 1.82) is 0 Å². The lowest BCUT2D eigenvalue weighted by Crippen LogP contribution is -2.39. The van der Waals surface area contributed by atoms with Gasteiger partial charge in [-0.1, -0.05) is 36.4 Å². The van der Waals surface area contributed by atoms with Gasteiger partial charge in [0, 0.05) is 29.5 Å². The molecule has 2 N–H and O–H groups in total. The molecule has 2 aliphatic carbocycles. The summed E-state index contributed by atoms with van der Waals surface area (Å²) in [5.74, 6) is -0.509. The van der Waals surface area contributed by atoms with Gasteiger partial charge in [0.25, 0.3) is 0 Å². The molecule has 0 spiro atoms. The van der Waals surface area contributed by atoms with E-state index in [-0.39, 0.29) is 12.1 Å². The van der Waals surface area contributed by atoms with E-state index in [4.69, 9.17) is 0 Å². The minimum absolute atomic E-state index is 0.0353. The second kappa shape index (κ2) is 13.7. The highest BCUT2D eigenvalue weighted by atomic mass is 32.2. The lowest BCUT2D eigenvalue weighted by atomic mass is 10.0.